The molecule has 1 atom stereocenters. The Hall–Kier alpha value is -0.410. The second kappa shape index (κ2) is 5.06. The van der Waals surface area contributed by atoms with Gasteiger partial charge in [0.25, 0.3) is 0 Å². The normalized spacial score (nSPS) is 38.7. The quantitative estimate of drug-likeness (QED) is 0.801. The number of hydrogen-bond donors (Lipinski definition) is 1. The largest absolute Gasteiger partial charge is 0.312 e. The van der Waals surface area contributed by atoms with Gasteiger partial charge in [0.2, 0.25) is 0 Å². The van der Waals surface area contributed by atoms with Crippen LogP contribution < -0.4 is 5.32 Å². The summed E-state index contributed by atoms with van der Waals surface area (Å²) < 4.78 is 15.2. The van der Waals surface area contributed by atoms with E-state index < -0.39 is 0 Å². The van der Waals surface area contributed by atoms with Crippen LogP contribution in [0.5, 0.6) is 0 Å². The minimum atomic E-state index is -0.0763. The highest BCUT2D eigenvalue weighted by molar-refractivity contribution is 9.10. The molecule has 0 saturated heterocycles. The Morgan fingerprint density at radius 3 is 2.24 bits per heavy atom. The van der Waals surface area contributed by atoms with Crippen molar-refractivity contribution in [3.8, 4) is 0 Å². The summed E-state index contributed by atoms with van der Waals surface area (Å²) in [6.45, 7) is 0. The highest BCUT2D eigenvalue weighted by Gasteiger charge is 2.54. The molecule has 0 heterocycles. The molecule has 0 aliphatic heterocycles. The van der Waals surface area contributed by atoms with Gasteiger partial charge in [0, 0.05) is 11.6 Å². The van der Waals surface area contributed by atoms with Gasteiger partial charge in [0.15, 0.2) is 0 Å². The first-order chi connectivity index (χ1) is 10.1. The van der Waals surface area contributed by atoms with E-state index in [1.807, 2.05) is 19.2 Å². The van der Waals surface area contributed by atoms with Gasteiger partial charge in [-0.3, -0.25) is 0 Å². The van der Waals surface area contributed by atoms with Crippen molar-refractivity contribution in [1.29, 1.82) is 0 Å². The predicted molar refractivity (Wildman–Crippen MR) is 86.5 cm³/mol. The van der Waals surface area contributed by atoms with Crippen molar-refractivity contribution >= 4 is 15.9 Å². The molecular weight excluding hydrogens is 329 g/mol. The van der Waals surface area contributed by atoms with E-state index in [4.69, 9.17) is 0 Å². The Kier molecular flexibility index (Phi) is 3.42. The SMILES string of the molecule is CNC(c1cccc(Br)c1F)C12CC3CC(CC(C3)C1)C2. The molecule has 0 aromatic heterocycles. The van der Waals surface area contributed by atoms with Crippen LogP contribution in [0.25, 0.3) is 0 Å². The summed E-state index contributed by atoms with van der Waals surface area (Å²) in [5, 5.41) is 3.48. The molecule has 4 aliphatic carbocycles. The minimum Gasteiger partial charge on any atom is -0.312 e. The van der Waals surface area contributed by atoms with E-state index >= 15 is 0 Å². The molecule has 114 valence electrons. The summed E-state index contributed by atoms with van der Waals surface area (Å²) >= 11 is 3.35. The van der Waals surface area contributed by atoms with Gasteiger partial charge in [0.05, 0.1) is 4.47 Å². The van der Waals surface area contributed by atoms with Crippen LogP contribution in [0.4, 0.5) is 4.39 Å². The van der Waals surface area contributed by atoms with Crippen molar-refractivity contribution in [2.45, 2.75) is 44.6 Å². The first-order valence-corrected chi connectivity index (χ1v) is 9.02. The summed E-state index contributed by atoms with van der Waals surface area (Å²) in [5.74, 6) is 2.60. The average Bonchev–Trinajstić information content (AvgIpc) is 2.42. The molecule has 4 aliphatic rings. The van der Waals surface area contributed by atoms with Gasteiger partial charge < -0.3 is 5.32 Å². The van der Waals surface area contributed by atoms with Crippen molar-refractivity contribution in [3.63, 3.8) is 0 Å². The van der Waals surface area contributed by atoms with Crippen molar-refractivity contribution in [1.82, 2.24) is 5.32 Å². The molecule has 0 spiro atoms. The maximum absolute atomic E-state index is 14.6. The summed E-state index contributed by atoms with van der Waals surface area (Å²) in [6, 6.07) is 5.89. The fraction of sp³-hybridized carbons (Fsp3) is 0.667. The summed E-state index contributed by atoms with van der Waals surface area (Å²) in [4.78, 5) is 0. The Morgan fingerprint density at radius 1 is 1.14 bits per heavy atom. The van der Waals surface area contributed by atoms with Gasteiger partial charge in [-0.2, -0.15) is 0 Å². The van der Waals surface area contributed by atoms with Crippen molar-refractivity contribution < 1.29 is 4.39 Å². The highest BCUT2D eigenvalue weighted by atomic mass is 79.9. The van der Waals surface area contributed by atoms with E-state index in [-0.39, 0.29) is 17.3 Å². The predicted octanol–water partition coefficient (Wildman–Crippen LogP) is 5.07. The lowest BCUT2D eigenvalue weighted by atomic mass is 9.47. The standard InChI is InChI=1S/C18H23BrFN/c1-21-17(14-3-2-4-15(19)16(14)20)18-8-11-5-12(9-18)7-13(6-11)10-18/h2-4,11-13,17,21H,5-10H2,1H3. The van der Waals surface area contributed by atoms with E-state index in [1.165, 1.54) is 38.5 Å². The monoisotopic (exact) mass is 351 g/mol. The molecule has 4 fully saturated rings. The van der Waals surface area contributed by atoms with Gasteiger partial charge in [-0.25, -0.2) is 4.39 Å². The topological polar surface area (TPSA) is 12.0 Å². The zero-order valence-electron chi connectivity index (χ0n) is 12.5. The molecule has 3 heteroatoms. The zero-order chi connectivity index (χ0) is 14.6. The molecular formula is C18H23BrFN. The Morgan fingerprint density at radius 2 is 1.71 bits per heavy atom. The fourth-order valence-electron chi connectivity index (χ4n) is 6.07. The fourth-order valence-corrected chi connectivity index (χ4v) is 6.45. The zero-order valence-corrected chi connectivity index (χ0v) is 14.1. The maximum Gasteiger partial charge on any atom is 0.142 e. The molecule has 0 amide bonds. The van der Waals surface area contributed by atoms with E-state index in [2.05, 4.69) is 21.2 Å². The number of rotatable bonds is 3. The van der Waals surface area contributed by atoms with E-state index in [9.17, 15) is 4.39 Å². The third-order valence-electron chi connectivity index (χ3n) is 6.28. The van der Waals surface area contributed by atoms with Gasteiger partial charge in [-0.15, -0.1) is 0 Å². The molecule has 4 saturated carbocycles. The Bertz CT molecular complexity index is 521. The molecule has 21 heavy (non-hydrogen) atoms. The minimum absolute atomic E-state index is 0.0763. The summed E-state index contributed by atoms with van der Waals surface area (Å²) in [7, 11) is 2.00. The first-order valence-electron chi connectivity index (χ1n) is 8.22. The number of hydrogen-bond acceptors (Lipinski definition) is 1. The lowest BCUT2D eigenvalue weighted by Gasteiger charge is -2.59. The Balaban J connectivity index is 1.74. The van der Waals surface area contributed by atoms with Crippen LogP contribution in [0.2, 0.25) is 0 Å². The maximum atomic E-state index is 14.6. The second-order valence-electron chi connectivity index (χ2n) is 7.64. The van der Waals surface area contributed by atoms with Crippen molar-refractivity contribution in [2.75, 3.05) is 7.05 Å². The first kappa shape index (κ1) is 14.2. The average molecular weight is 352 g/mol. The van der Waals surface area contributed by atoms with Gasteiger partial charge >= 0.3 is 0 Å². The number of nitrogens with one attached hydrogen (secondary N) is 1. The van der Waals surface area contributed by atoms with Gasteiger partial charge in [-0.1, -0.05) is 12.1 Å². The molecule has 5 rings (SSSR count). The molecule has 1 aromatic carbocycles. The van der Waals surface area contributed by atoms with Crippen molar-refractivity contribution in [2.24, 2.45) is 23.2 Å². The van der Waals surface area contributed by atoms with Crippen LogP contribution in [-0.4, -0.2) is 7.05 Å². The smallest absolute Gasteiger partial charge is 0.142 e. The van der Waals surface area contributed by atoms with Gasteiger partial charge in [0.1, 0.15) is 5.82 Å². The van der Waals surface area contributed by atoms with Crippen LogP contribution in [-0.2, 0) is 0 Å². The van der Waals surface area contributed by atoms with Crippen LogP contribution >= 0.6 is 15.9 Å². The second-order valence-corrected chi connectivity index (χ2v) is 8.50. The van der Waals surface area contributed by atoms with Crippen LogP contribution in [0.3, 0.4) is 0 Å². The lowest BCUT2D eigenvalue weighted by Crippen LogP contribution is -2.51. The van der Waals surface area contributed by atoms with Crippen LogP contribution in [0, 0.1) is 29.0 Å². The lowest BCUT2D eigenvalue weighted by molar-refractivity contribution is -0.0741. The molecule has 0 radical (unpaired) electrons. The molecule has 1 N–H and O–H groups in total. The van der Waals surface area contributed by atoms with E-state index in [0.29, 0.717) is 4.47 Å². The van der Waals surface area contributed by atoms with Crippen LogP contribution in [0.1, 0.15) is 50.1 Å². The van der Waals surface area contributed by atoms with E-state index in [1.54, 1.807) is 6.07 Å². The van der Waals surface area contributed by atoms with Gasteiger partial charge in [-0.05, 0) is 90.7 Å². The third kappa shape index (κ3) is 2.19. The Labute approximate surface area is 134 Å². The van der Waals surface area contributed by atoms with Crippen molar-refractivity contribution in [3.05, 3.63) is 34.1 Å². The summed E-state index contributed by atoms with van der Waals surface area (Å²) in [5.41, 5.74) is 1.14. The molecule has 1 aromatic rings. The molecule has 1 nitrogen and oxygen atoms in total. The number of benzene rings is 1. The highest BCUT2D eigenvalue weighted by Crippen LogP contribution is 2.64. The summed E-state index contributed by atoms with van der Waals surface area (Å²) in [6.07, 6.45) is 8.15. The van der Waals surface area contributed by atoms with E-state index in [0.717, 1.165) is 23.3 Å². The third-order valence-corrected chi connectivity index (χ3v) is 6.89. The molecule has 1 unspecified atom stereocenters. The number of halogens is 2. The molecule has 4 bridgehead atoms. The van der Waals surface area contributed by atoms with Crippen LogP contribution in [0.15, 0.2) is 22.7 Å².